The largest absolute Gasteiger partial charge is 0.495 e. The molecule has 4 N–H and O–H groups in total. The lowest BCUT2D eigenvalue weighted by Crippen LogP contribution is -2.24. The van der Waals surface area contributed by atoms with Gasteiger partial charge < -0.3 is 21.1 Å². The highest BCUT2D eigenvalue weighted by Crippen LogP contribution is 2.27. The number of ether oxygens (including phenoxy) is 1. The Labute approximate surface area is 187 Å². The summed E-state index contributed by atoms with van der Waals surface area (Å²) in [5, 5.41) is 6.37. The van der Waals surface area contributed by atoms with Gasteiger partial charge in [0.25, 0.3) is 5.91 Å². The number of unbranched alkanes of at least 4 members (excludes halogenated alkanes) is 1. The summed E-state index contributed by atoms with van der Waals surface area (Å²) in [5.41, 5.74) is 8.24. The summed E-state index contributed by atoms with van der Waals surface area (Å²) in [4.78, 5) is 16.3. The minimum absolute atomic E-state index is 0. The molecule has 0 fully saturated rings. The van der Waals surface area contributed by atoms with Crippen molar-refractivity contribution in [3.05, 3.63) is 58.6 Å². The van der Waals surface area contributed by atoms with Crippen molar-refractivity contribution in [3.8, 4) is 5.75 Å². The van der Waals surface area contributed by atoms with Crippen LogP contribution in [-0.4, -0.2) is 25.5 Å². The van der Waals surface area contributed by atoms with E-state index in [1.165, 1.54) is 0 Å². The first kappa shape index (κ1) is 24.0. The Morgan fingerprint density at radius 3 is 2.54 bits per heavy atom. The summed E-state index contributed by atoms with van der Waals surface area (Å²) in [5.74, 6) is 0.810. The predicted octanol–water partition coefficient (Wildman–Crippen LogP) is 4.42. The molecule has 6 nitrogen and oxygen atoms in total. The van der Waals surface area contributed by atoms with Crippen LogP contribution in [0, 0.1) is 0 Å². The summed E-state index contributed by atoms with van der Waals surface area (Å²) >= 11 is 6.09. The zero-order chi connectivity index (χ0) is 19.6. The smallest absolute Gasteiger partial charge is 0.251 e. The fourth-order valence-electron chi connectivity index (χ4n) is 2.35. The molecule has 0 unspecified atom stereocenters. The van der Waals surface area contributed by atoms with E-state index in [0.717, 1.165) is 24.1 Å². The number of anilines is 1. The first-order chi connectivity index (χ1) is 13.0. The lowest BCUT2D eigenvalue weighted by Gasteiger charge is -2.08. The number of methoxy groups -OCH3 is 1. The second kappa shape index (κ2) is 12.5. The number of benzene rings is 2. The maximum atomic E-state index is 12.0. The fourth-order valence-corrected chi connectivity index (χ4v) is 2.61. The molecule has 1 amide bonds. The Morgan fingerprint density at radius 2 is 1.93 bits per heavy atom. The van der Waals surface area contributed by atoms with E-state index >= 15 is 0 Å². The Hall–Kier alpha value is -2.00. The Balaban J connectivity index is 0.00000392. The van der Waals surface area contributed by atoms with Crippen LogP contribution < -0.4 is 21.1 Å². The molecule has 0 atom stereocenters. The van der Waals surface area contributed by atoms with Gasteiger partial charge in [-0.3, -0.25) is 4.79 Å². The molecule has 0 aliphatic carbocycles. The highest BCUT2D eigenvalue weighted by atomic mass is 127. The van der Waals surface area contributed by atoms with Crippen LogP contribution in [0.5, 0.6) is 5.75 Å². The third kappa shape index (κ3) is 7.55. The molecule has 0 saturated carbocycles. The fraction of sp³-hybridized carbons (Fsp3) is 0.300. The van der Waals surface area contributed by atoms with Crippen molar-refractivity contribution in [2.75, 3.05) is 19.0 Å². The molecule has 2 rings (SSSR count). The van der Waals surface area contributed by atoms with E-state index in [2.05, 4.69) is 22.5 Å². The molecule has 2 aromatic carbocycles. The van der Waals surface area contributed by atoms with Crippen LogP contribution in [0.2, 0.25) is 5.02 Å². The van der Waals surface area contributed by atoms with E-state index in [9.17, 15) is 4.79 Å². The number of rotatable bonds is 8. The highest BCUT2D eigenvalue weighted by molar-refractivity contribution is 14.0. The molecule has 0 spiro atoms. The number of nitrogens with two attached hydrogens (primary N) is 1. The van der Waals surface area contributed by atoms with Crippen LogP contribution in [0.25, 0.3) is 0 Å². The van der Waals surface area contributed by atoms with Crippen LogP contribution in [0.15, 0.2) is 47.5 Å². The summed E-state index contributed by atoms with van der Waals surface area (Å²) in [6, 6.07) is 12.6. The second-order valence-electron chi connectivity index (χ2n) is 5.98. The number of halogens is 2. The molecule has 0 aliphatic rings. The monoisotopic (exact) mass is 516 g/mol. The van der Waals surface area contributed by atoms with Gasteiger partial charge in [-0.15, -0.1) is 24.0 Å². The number of carbonyl (C=O) groups excluding carboxylic acids is 1. The number of nitrogens with one attached hydrogen (secondary N) is 2. The van der Waals surface area contributed by atoms with Crippen molar-refractivity contribution in [2.45, 2.75) is 26.3 Å². The average molecular weight is 517 g/mol. The van der Waals surface area contributed by atoms with Crippen molar-refractivity contribution in [1.82, 2.24) is 5.32 Å². The Bertz CT molecular complexity index is 797. The molecule has 8 heteroatoms. The minimum Gasteiger partial charge on any atom is -0.495 e. The molecule has 0 aliphatic heterocycles. The first-order valence-corrected chi connectivity index (χ1v) is 9.19. The van der Waals surface area contributed by atoms with Crippen molar-refractivity contribution in [1.29, 1.82) is 0 Å². The lowest BCUT2D eigenvalue weighted by molar-refractivity contribution is 0.0953. The third-order valence-corrected chi connectivity index (χ3v) is 4.18. The zero-order valence-corrected chi connectivity index (χ0v) is 19.1. The average Bonchev–Trinajstić information content (AvgIpc) is 2.67. The minimum atomic E-state index is -0.0592. The SMILES string of the molecule is CCCCNC(=O)c1ccc(CN=C(N)Nc2ccc(OC)c(Cl)c2)cc1.I. The van der Waals surface area contributed by atoms with E-state index in [-0.39, 0.29) is 35.8 Å². The zero-order valence-electron chi connectivity index (χ0n) is 16.0. The maximum absolute atomic E-state index is 12.0. The van der Waals surface area contributed by atoms with Crippen molar-refractivity contribution in [3.63, 3.8) is 0 Å². The van der Waals surface area contributed by atoms with E-state index in [1.54, 1.807) is 37.4 Å². The number of hydrogen-bond donors (Lipinski definition) is 3. The maximum Gasteiger partial charge on any atom is 0.251 e. The highest BCUT2D eigenvalue weighted by Gasteiger charge is 2.05. The van der Waals surface area contributed by atoms with Crippen molar-refractivity contribution in [2.24, 2.45) is 10.7 Å². The van der Waals surface area contributed by atoms with E-state index in [4.69, 9.17) is 22.1 Å². The van der Waals surface area contributed by atoms with Gasteiger partial charge in [0, 0.05) is 17.8 Å². The molecule has 152 valence electrons. The molecule has 2 aromatic rings. The summed E-state index contributed by atoms with van der Waals surface area (Å²) in [6.45, 7) is 3.19. The number of carbonyl (C=O) groups is 1. The van der Waals surface area contributed by atoms with Gasteiger partial charge in [0.05, 0.1) is 18.7 Å². The molecular weight excluding hydrogens is 491 g/mol. The van der Waals surface area contributed by atoms with Crippen molar-refractivity contribution >= 4 is 53.1 Å². The molecule has 0 heterocycles. The van der Waals surface area contributed by atoms with Gasteiger partial charge in [-0.25, -0.2) is 4.99 Å². The number of nitrogens with zero attached hydrogens (tertiary/aromatic N) is 1. The number of hydrogen-bond acceptors (Lipinski definition) is 3. The van der Waals surface area contributed by atoms with Crippen LogP contribution >= 0.6 is 35.6 Å². The first-order valence-electron chi connectivity index (χ1n) is 8.81. The Morgan fingerprint density at radius 1 is 1.21 bits per heavy atom. The predicted molar refractivity (Wildman–Crippen MR) is 126 cm³/mol. The normalized spacial score (nSPS) is 10.8. The summed E-state index contributed by atoms with van der Waals surface area (Å²) < 4.78 is 5.11. The van der Waals surface area contributed by atoms with Gasteiger partial charge >= 0.3 is 0 Å². The van der Waals surface area contributed by atoms with Crippen LogP contribution in [0.4, 0.5) is 5.69 Å². The topological polar surface area (TPSA) is 88.7 Å². The van der Waals surface area contributed by atoms with Gasteiger partial charge in [-0.05, 0) is 42.3 Å². The van der Waals surface area contributed by atoms with Gasteiger partial charge in [-0.1, -0.05) is 37.1 Å². The van der Waals surface area contributed by atoms with Crippen LogP contribution in [-0.2, 0) is 6.54 Å². The summed E-state index contributed by atoms with van der Waals surface area (Å²) in [6.07, 6.45) is 2.03. The van der Waals surface area contributed by atoms with E-state index < -0.39 is 0 Å². The van der Waals surface area contributed by atoms with Crippen LogP contribution in [0.3, 0.4) is 0 Å². The molecule has 0 bridgehead atoms. The quantitative estimate of drug-likeness (QED) is 0.210. The molecule has 0 aromatic heterocycles. The molecule has 0 radical (unpaired) electrons. The molecule has 28 heavy (non-hydrogen) atoms. The summed E-state index contributed by atoms with van der Waals surface area (Å²) in [7, 11) is 1.56. The van der Waals surface area contributed by atoms with Gasteiger partial charge in [-0.2, -0.15) is 0 Å². The number of aliphatic imine (C=N–C) groups is 1. The number of amides is 1. The third-order valence-electron chi connectivity index (χ3n) is 3.89. The van der Waals surface area contributed by atoms with E-state index in [0.29, 0.717) is 29.4 Å². The lowest BCUT2D eigenvalue weighted by atomic mass is 10.1. The van der Waals surface area contributed by atoms with E-state index in [1.807, 2.05) is 12.1 Å². The van der Waals surface area contributed by atoms with Gasteiger partial charge in [0.15, 0.2) is 5.96 Å². The van der Waals surface area contributed by atoms with Gasteiger partial charge in [0.2, 0.25) is 0 Å². The Kier molecular flexibility index (Phi) is 10.7. The van der Waals surface area contributed by atoms with Crippen LogP contribution in [0.1, 0.15) is 35.7 Å². The number of guanidine groups is 1. The van der Waals surface area contributed by atoms with Crippen molar-refractivity contribution < 1.29 is 9.53 Å². The molecular formula is C20H26ClIN4O2. The second-order valence-corrected chi connectivity index (χ2v) is 6.39. The molecule has 0 saturated heterocycles. The standard InChI is InChI=1S/C20H25ClN4O2.HI/c1-3-4-11-23-19(26)15-7-5-14(6-8-15)13-24-20(22)25-16-9-10-18(27-2)17(21)12-16;/h5-10,12H,3-4,11,13H2,1-2H3,(H,23,26)(H3,22,24,25);1H. The van der Waals surface area contributed by atoms with Gasteiger partial charge in [0.1, 0.15) is 5.75 Å².